The number of ether oxygens (including phenoxy) is 2. The molecule has 1 saturated heterocycles. The van der Waals surface area contributed by atoms with Crippen molar-refractivity contribution in [2.24, 2.45) is 0 Å². The number of fused-ring (bicyclic) bond motifs is 1. The standard InChI is InChI=1S/C20H20FNO3/c1-13(23)20-15(21)4-2-5-17(20)22-9-3-6-16(22)14-7-8-18-19(12-14)25-11-10-24-18/h2,4-5,7-8,12,16H,3,6,9-11H2,1H3. The van der Waals surface area contributed by atoms with Crippen LogP contribution in [0.15, 0.2) is 36.4 Å². The molecule has 25 heavy (non-hydrogen) atoms. The van der Waals surface area contributed by atoms with Crippen molar-refractivity contribution in [3.63, 3.8) is 0 Å². The summed E-state index contributed by atoms with van der Waals surface area (Å²) in [5.74, 6) is 0.801. The largest absolute Gasteiger partial charge is 0.486 e. The molecule has 1 fully saturated rings. The zero-order valence-corrected chi connectivity index (χ0v) is 14.1. The van der Waals surface area contributed by atoms with Gasteiger partial charge in [0.15, 0.2) is 17.3 Å². The summed E-state index contributed by atoms with van der Waals surface area (Å²) in [7, 11) is 0. The SMILES string of the molecule is CC(=O)c1c(F)cccc1N1CCCC1c1ccc2c(c1)OCCO2. The molecule has 4 rings (SSSR count). The molecule has 2 aromatic rings. The van der Waals surface area contributed by atoms with E-state index in [0.29, 0.717) is 18.9 Å². The molecule has 2 aromatic carbocycles. The quantitative estimate of drug-likeness (QED) is 0.787. The number of rotatable bonds is 3. The van der Waals surface area contributed by atoms with E-state index in [-0.39, 0.29) is 17.4 Å². The Labute approximate surface area is 146 Å². The second-order valence-electron chi connectivity index (χ2n) is 6.44. The fourth-order valence-corrected chi connectivity index (χ4v) is 3.77. The lowest BCUT2D eigenvalue weighted by Crippen LogP contribution is -2.25. The summed E-state index contributed by atoms with van der Waals surface area (Å²) in [4.78, 5) is 14.1. The van der Waals surface area contributed by atoms with E-state index in [0.717, 1.165) is 36.4 Å². The number of Topliss-reactive ketones (excluding diaryl/α,β-unsaturated/α-hetero) is 1. The lowest BCUT2D eigenvalue weighted by Gasteiger charge is -2.29. The number of nitrogens with zero attached hydrogens (tertiary/aromatic N) is 1. The molecule has 1 atom stereocenters. The summed E-state index contributed by atoms with van der Waals surface area (Å²) >= 11 is 0. The maximum atomic E-state index is 14.2. The molecular weight excluding hydrogens is 321 g/mol. The van der Waals surface area contributed by atoms with Gasteiger partial charge < -0.3 is 14.4 Å². The Morgan fingerprint density at radius 2 is 1.96 bits per heavy atom. The first-order valence-electron chi connectivity index (χ1n) is 8.61. The summed E-state index contributed by atoms with van der Waals surface area (Å²) in [6, 6.07) is 10.9. The number of benzene rings is 2. The first-order chi connectivity index (χ1) is 12.1. The predicted molar refractivity (Wildman–Crippen MR) is 93.2 cm³/mol. The summed E-state index contributed by atoms with van der Waals surface area (Å²) in [6.07, 6.45) is 1.94. The van der Waals surface area contributed by atoms with Gasteiger partial charge in [0.05, 0.1) is 17.3 Å². The number of hydrogen-bond donors (Lipinski definition) is 0. The lowest BCUT2D eigenvalue weighted by atomic mass is 10.0. The second kappa shape index (κ2) is 6.39. The summed E-state index contributed by atoms with van der Waals surface area (Å²) in [5.41, 5.74) is 1.94. The molecule has 0 bridgehead atoms. The Balaban J connectivity index is 1.72. The molecule has 2 heterocycles. The molecule has 4 nitrogen and oxygen atoms in total. The highest BCUT2D eigenvalue weighted by molar-refractivity contribution is 6.00. The van der Waals surface area contributed by atoms with E-state index in [1.165, 1.54) is 13.0 Å². The van der Waals surface area contributed by atoms with Gasteiger partial charge >= 0.3 is 0 Å². The van der Waals surface area contributed by atoms with Crippen LogP contribution in [0.4, 0.5) is 10.1 Å². The Morgan fingerprint density at radius 1 is 1.16 bits per heavy atom. The fraction of sp³-hybridized carbons (Fsp3) is 0.350. The number of ketones is 1. The van der Waals surface area contributed by atoms with Crippen molar-refractivity contribution in [2.45, 2.75) is 25.8 Å². The minimum atomic E-state index is -0.460. The lowest BCUT2D eigenvalue weighted by molar-refractivity contribution is 0.101. The van der Waals surface area contributed by atoms with Gasteiger partial charge in [-0.05, 0) is 49.6 Å². The van der Waals surface area contributed by atoms with Crippen LogP contribution in [0.3, 0.4) is 0 Å². The average molecular weight is 341 g/mol. The van der Waals surface area contributed by atoms with Crippen molar-refractivity contribution in [3.8, 4) is 11.5 Å². The van der Waals surface area contributed by atoms with Crippen LogP contribution in [0.5, 0.6) is 11.5 Å². The van der Waals surface area contributed by atoms with Crippen molar-refractivity contribution in [3.05, 3.63) is 53.3 Å². The van der Waals surface area contributed by atoms with E-state index >= 15 is 0 Å². The molecule has 0 saturated carbocycles. The van der Waals surface area contributed by atoms with E-state index < -0.39 is 5.82 Å². The van der Waals surface area contributed by atoms with Crippen LogP contribution in [0, 0.1) is 5.82 Å². The highest BCUT2D eigenvalue weighted by Gasteiger charge is 2.30. The first-order valence-corrected chi connectivity index (χ1v) is 8.61. The van der Waals surface area contributed by atoms with E-state index in [2.05, 4.69) is 4.90 Å². The monoisotopic (exact) mass is 341 g/mol. The molecule has 2 aliphatic heterocycles. The number of anilines is 1. The van der Waals surface area contributed by atoms with Crippen LogP contribution in [0.25, 0.3) is 0 Å². The van der Waals surface area contributed by atoms with Crippen molar-refractivity contribution < 1.29 is 18.7 Å². The van der Waals surface area contributed by atoms with Gasteiger partial charge in [0, 0.05) is 6.54 Å². The van der Waals surface area contributed by atoms with Gasteiger partial charge in [0.1, 0.15) is 19.0 Å². The highest BCUT2D eigenvalue weighted by Crippen LogP contribution is 2.41. The Morgan fingerprint density at radius 3 is 2.76 bits per heavy atom. The van der Waals surface area contributed by atoms with Crippen molar-refractivity contribution in [1.82, 2.24) is 0 Å². The topological polar surface area (TPSA) is 38.8 Å². The highest BCUT2D eigenvalue weighted by atomic mass is 19.1. The van der Waals surface area contributed by atoms with E-state index in [1.54, 1.807) is 6.07 Å². The molecule has 1 unspecified atom stereocenters. The zero-order chi connectivity index (χ0) is 17.4. The van der Waals surface area contributed by atoms with Gasteiger partial charge in [-0.2, -0.15) is 0 Å². The summed E-state index contributed by atoms with van der Waals surface area (Å²) in [6.45, 7) is 3.32. The smallest absolute Gasteiger partial charge is 0.164 e. The van der Waals surface area contributed by atoms with Crippen LogP contribution in [0.1, 0.15) is 41.7 Å². The summed E-state index contributed by atoms with van der Waals surface area (Å²) in [5, 5.41) is 0. The van der Waals surface area contributed by atoms with Crippen molar-refractivity contribution in [1.29, 1.82) is 0 Å². The Kier molecular flexibility index (Phi) is 4.07. The molecule has 130 valence electrons. The van der Waals surface area contributed by atoms with Crippen LogP contribution < -0.4 is 14.4 Å². The van der Waals surface area contributed by atoms with E-state index in [9.17, 15) is 9.18 Å². The third-order valence-corrected chi connectivity index (χ3v) is 4.86. The van der Waals surface area contributed by atoms with Crippen molar-refractivity contribution in [2.75, 3.05) is 24.7 Å². The van der Waals surface area contributed by atoms with Gasteiger partial charge in [-0.3, -0.25) is 4.79 Å². The van der Waals surface area contributed by atoms with Gasteiger partial charge in [-0.15, -0.1) is 0 Å². The molecule has 0 radical (unpaired) electrons. The molecule has 0 spiro atoms. The number of carbonyl (C=O) groups excluding carboxylic acids is 1. The molecular formula is C20H20FNO3. The molecule has 0 N–H and O–H groups in total. The van der Waals surface area contributed by atoms with Gasteiger partial charge in [-0.1, -0.05) is 12.1 Å². The third-order valence-electron chi connectivity index (χ3n) is 4.86. The first kappa shape index (κ1) is 15.9. The Hall–Kier alpha value is -2.56. The van der Waals surface area contributed by atoms with E-state index in [1.807, 2.05) is 24.3 Å². The van der Waals surface area contributed by atoms with Gasteiger partial charge in [0.2, 0.25) is 0 Å². The van der Waals surface area contributed by atoms with Crippen LogP contribution in [-0.2, 0) is 0 Å². The zero-order valence-electron chi connectivity index (χ0n) is 14.1. The maximum absolute atomic E-state index is 14.2. The summed E-state index contributed by atoms with van der Waals surface area (Å²) < 4.78 is 25.5. The molecule has 2 aliphatic rings. The molecule has 0 aliphatic carbocycles. The minimum Gasteiger partial charge on any atom is -0.486 e. The molecule has 5 heteroatoms. The van der Waals surface area contributed by atoms with Crippen molar-refractivity contribution >= 4 is 11.5 Å². The molecule has 0 amide bonds. The Bertz CT molecular complexity index is 821. The van der Waals surface area contributed by atoms with E-state index in [4.69, 9.17) is 9.47 Å². The number of hydrogen-bond acceptors (Lipinski definition) is 4. The molecule has 0 aromatic heterocycles. The fourth-order valence-electron chi connectivity index (χ4n) is 3.77. The van der Waals surface area contributed by atoms with Crippen LogP contribution in [-0.4, -0.2) is 25.5 Å². The minimum absolute atomic E-state index is 0.0933. The number of carbonyl (C=O) groups is 1. The van der Waals surface area contributed by atoms with Crippen LogP contribution >= 0.6 is 0 Å². The normalized spacial score (nSPS) is 19.1. The van der Waals surface area contributed by atoms with Gasteiger partial charge in [-0.25, -0.2) is 4.39 Å². The average Bonchev–Trinajstić information content (AvgIpc) is 3.10. The third kappa shape index (κ3) is 2.84. The predicted octanol–water partition coefficient (Wildman–Crippen LogP) is 4.14. The van der Waals surface area contributed by atoms with Gasteiger partial charge in [0.25, 0.3) is 0 Å². The van der Waals surface area contributed by atoms with Crippen LogP contribution in [0.2, 0.25) is 0 Å². The number of halogens is 1. The second-order valence-corrected chi connectivity index (χ2v) is 6.44. The maximum Gasteiger partial charge on any atom is 0.164 e.